The smallest absolute Gasteiger partial charge is 0.0558 e. The number of likely N-dealkylation sites (tertiary alicyclic amines) is 1. The molecule has 2 nitrogen and oxygen atoms in total. The minimum absolute atomic E-state index is 0.304. The van der Waals surface area contributed by atoms with E-state index in [2.05, 4.69) is 35.2 Å². The summed E-state index contributed by atoms with van der Waals surface area (Å²) in [5.74, 6) is 0.906. The van der Waals surface area contributed by atoms with Gasteiger partial charge in [0.2, 0.25) is 0 Å². The van der Waals surface area contributed by atoms with Gasteiger partial charge in [-0.15, -0.1) is 0 Å². The fourth-order valence-electron chi connectivity index (χ4n) is 2.88. The van der Waals surface area contributed by atoms with Crippen LogP contribution in [0.5, 0.6) is 0 Å². The van der Waals surface area contributed by atoms with Crippen LogP contribution < -0.4 is 0 Å². The molecule has 1 saturated heterocycles. The Morgan fingerprint density at radius 3 is 2.50 bits per heavy atom. The average molecular weight is 247 g/mol. The number of benzene rings is 1. The predicted molar refractivity (Wildman–Crippen MR) is 75.6 cm³/mol. The molecule has 0 amide bonds. The molecule has 1 aromatic rings. The lowest BCUT2D eigenvalue weighted by Gasteiger charge is -2.31. The van der Waals surface area contributed by atoms with Crippen LogP contribution in [0.2, 0.25) is 0 Å². The van der Waals surface area contributed by atoms with E-state index in [1.54, 1.807) is 0 Å². The Morgan fingerprint density at radius 1 is 1.11 bits per heavy atom. The summed E-state index contributed by atoms with van der Waals surface area (Å²) in [6.07, 6.45) is 6.53. The third kappa shape index (κ3) is 4.43. The normalized spacial score (nSPS) is 18.1. The third-order valence-electron chi connectivity index (χ3n) is 4.04. The summed E-state index contributed by atoms with van der Waals surface area (Å²) in [5, 5.41) is 8.91. The van der Waals surface area contributed by atoms with Crippen molar-refractivity contribution < 1.29 is 5.11 Å². The zero-order valence-corrected chi connectivity index (χ0v) is 11.2. The SMILES string of the molecule is OCCN1CCC(CCCc2ccccc2)CC1. The number of aryl methyl sites for hydroxylation is 1. The molecule has 1 aliphatic rings. The number of aliphatic hydroxyl groups is 1. The van der Waals surface area contributed by atoms with Gasteiger partial charge in [-0.25, -0.2) is 0 Å². The molecular formula is C16H25NO. The molecule has 0 atom stereocenters. The molecule has 100 valence electrons. The van der Waals surface area contributed by atoms with Crippen molar-refractivity contribution in [2.45, 2.75) is 32.1 Å². The molecule has 0 spiro atoms. The second-order valence-electron chi connectivity index (χ2n) is 5.39. The Morgan fingerprint density at radius 2 is 1.83 bits per heavy atom. The summed E-state index contributed by atoms with van der Waals surface area (Å²) in [7, 11) is 0. The molecule has 0 saturated carbocycles. The van der Waals surface area contributed by atoms with Crippen molar-refractivity contribution >= 4 is 0 Å². The van der Waals surface area contributed by atoms with E-state index >= 15 is 0 Å². The van der Waals surface area contributed by atoms with Crippen LogP contribution >= 0.6 is 0 Å². The predicted octanol–water partition coefficient (Wildman–Crippen LogP) is 2.71. The van der Waals surface area contributed by atoms with Gasteiger partial charge in [0, 0.05) is 6.54 Å². The highest BCUT2D eigenvalue weighted by Gasteiger charge is 2.17. The van der Waals surface area contributed by atoms with Gasteiger partial charge in [-0.1, -0.05) is 36.8 Å². The van der Waals surface area contributed by atoms with Crippen LogP contribution in [0.4, 0.5) is 0 Å². The van der Waals surface area contributed by atoms with Gasteiger partial charge in [-0.3, -0.25) is 0 Å². The summed E-state index contributed by atoms with van der Waals surface area (Å²) in [4.78, 5) is 2.38. The van der Waals surface area contributed by atoms with Crippen LogP contribution in [-0.2, 0) is 6.42 Å². The highest BCUT2D eigenvalue weighted by Crippen LogP contribution is 2.22. The zero-order chi connectivity index (χ0) is 12.6. The number of nitrogens with zero attached hydrogens (tertiary/aromatic N) is 1. The minimum atomic E-state index is 0.304. The molecule has 0 bridgehead atoms. The van der Waals surface area contributed by atoms with E-state index in [0.717, 1.165) is 12.5 Å². The summed E-state index contributed by atoms with van der Waals surface area (Å²) < 4.78 is 0. The van der Waals surface area contributed by atoms with Gasteiger partial charge in [0.05, 0.1) is 6.61 Å². The maximum absolute atomic E-state index is 8.91. The first-order valence-electron chi connectivity index (χ1n) is 7.25. The van der Waals surface area contributed by atoms with Crippen molar-refractivity contribution in [3.8, 4) is 0 Å². The number of hydrogen-bond donors (Lipinski definition) is 1. The van der Waals surface area contributed by atoms with Gasteiger partial charge in [0.25, 0.3) is 0 Å². The molecule has 1 aromatic carbocycles. The maximum Gasteiger partial charge on any atom is 0.0558 e. The van der Waals surface area contributed by atoms with Gasteiger partial charge in [-0.05, 0) is 50.3 Å². The molecule has 1 aliphatic heterocycles. The lowest BCUT2D eigenvalue weighted by molar-refractivity contribution is 0.144. The number of aliphatic hydroxyl groups excluding tert-OH is 1. The van der Waals surface area contributed by atoms with Gasteiger partial charge in [0.1, 0.15) is 0 Å². The molecule has 1 fully saturated rings. The van der Waals surface area contributed by atoms with Crippen LogP contribution in [0, 0.1) is 5.92 Å². The first-order valence-corrected chi connectivity index (χ1v) is 7.25. The van der Waals surface area contributed by atoms with Crippen LogP contribution in [0.15, 0.2) is 30.3 Å². The van der Waals surface area contributed by atoms with Crippen LogP contribution in [0.25, 0.3) is 0 Å². The highest BCUT2D eigenvalue weighted by atomic mass is 16.3. The Hall–Kier alpha value is -0.860. The number of piperidine rings is 1. The molecule has 1 N–H and O–H groups in total. The third-order valence-corrected chi connectivity index (χ3v) is 4.04. The second-order valence-corrected chi connectivity index (χ2v) is 5.39. The highest BCUT2D eigenvalue weighted by molar-refractivity contribution is 5.14. The molecule has 0 unspecified atom stereocenters. The van der Waals surface area contributed by atoms with E-state index in [1.165, 1.54) is 50.8 Å². The Labute approximate surface area is 111 Å². The molecule has 0 aromatic heterocycles. The molecule has 0 radical (unpaired) electrons. The quantitative estimate of drug-likeness (QED) is 0.835. The largest absolute Gasteiger partial charge is 0.395 e. The van der Waals surface area contributed by atoms with Crippen molar-refractivity contribution in [2.24, 2.45) is 5.92 Å². The zero-order valence-electron chi connectivity index (χ0n) is 11.2. The van der Waals surface area contributed by atoms with Crippen LogP contribution in [0.3, 0.4) is 0 Å². The van der Waals surface area contributed by atoms with Crippen molar-refractivity contribution in [3.63, 3.8) is 0 Å². The Kier molecular flexibility index (Phi) is 5.69. The first kappa shape index (κ1) is 13.6. The Balaban J connectivity index is 1.61. The number of β-amino-alcohol motifs (C(OH)–C–C–N with tert-alkyl or cyclic N) is 1. The van der Waals surface area contributed by atoms with Crippen molar-refractivity contribution in [1.82, 2.24) is 4.90 Å². The van der Waals surface area contributed by atoms with Gasteiger partial charge < -0.3 is 10.0 Å². The monoisotopic (exact) mass is 247 g/mol. The fourth-order valence-corrected chi connectivity index (χ4v) is 2.88. The standard InChI is InChI=1S/C16H25NO/c18-14-13-17-11-9-16(10-12-17)8-4-7-15-5-2-1-3-6-15/h1-3,5-6,16,18H,4,7-14H2. The van der Waals surface area contributed by atoms with Crippen LogP contribution in [0.1, 0.15) is 31.2 Å². The molecule has 0 aliphatic carbocycles. The summed E-state index contributed by atoms with van der Waals surface area (Å²) >= 11 is 0. The second kappa shape index (κ2) is 7.55. The maximum atomic E-state index is 8.91. The molecule has 2 rings (SSSR count). The Bertz CT molecular complexity index is 317. The lowest BCUT2D eigenvalue weighted by atomic mass is 9.91. The number of hydrogen-bond acceptors (Lipinski definition) is 2. The fraction of sp³-hybridized carbons (Fsp3) is 0.625. The van der Waals surface area contributed by atoms with E-state index in [1.807, 2.05) is 0 Å². The van der Waals surface area contributed by atoms with Gasteiger partial charge in [-0.2, -0.15) is 0 Å². The van der Waals surface area contributed by atoms with E-state index in [0.29, 0.717) is 6.61 Å². The number of rotatable bonds is 6. The molecule has 2 heteroatoms. The average Bonchev–Trinajstić information content (AvgIpc) is 2.42. The minimum Gasteiger partial charge on any atom is -0.395 e. The van der Waals surface area contributed by atoms with Gasteiger partial charge in [0.15, 0.2) is 0 Å². The summed E-state index contributed by atoms with van der Waals surface area (Å²) in [6.45, 7) is 3.52. The van der Waals surface area contributed by atoms with Gasteiger partial charge >= 0.3 is 0 Å². The van der Waals surface area contributed by atoms with Crippen molar-refractivity contribution in [1.29, 1.82) is 0 Å². The topological polar surface area (TPSA) is 23.5 Å². The van der Waals surface area contributed by atoms with E-state index in [4.69, 9.17) is 5.11 Å². The van der Waals surface area contributed by atoms with Crippen molar-refractivity contribution in [3.05, 3.63) is 35.9 Å². The first-order chi connectivity index (χ1) is 8.88. The van der Waals surface area contributed by atoms with Crippen molar-refractivity contribution in [2.75, 3.05) is 26.2 Å². The van der Waals surface area contributed by atoms with E-state index < -0.39 is 0 Å². The summed E-state index contributed by atoms with van der Waals surface area (Å²) in [5.41, 5.74) is 1.47. The molecule has 1 heterocycles. The summed E-state index contributed by atoms with van der Waals surface area (Å²) in [6, 6.07) is 10.8. The lowest BCUT2D eigenvalue weighted by Crippen LogP contribution is -2.35. The van der Waals surface area contributed by atoms with E-state index in [9.17, 15) is 0 Å². The van der Waals surface area contributed by atoms with E-state index in [-0.39, 0.29) is 0 Å². The molecule has 18 heavy (non-hydrogen) atoms. The van der Waals surface area contributed by atoms with Crippen LogP contribution in [-0.4, -0.2) is 36.2 Å². The molecular weight excluding hydrogens is 222 g/mol.